The minimum atomic E-state index is 0.315. The minimum absolute atomic E-state index is 0.315. The summed E-state index contributed by atoms with van der Waals surface area (Å²) < 4.78 is 0. The van der Waals surface area contributed by atoms with Gasteiger partial charge >= 0.3 is 0 Å². The van der Waals surface area contributed by atoms with Gasteiger partial charge in [-0.2, -0.15) is 0 Å². The van der Waals surface area contributed by atoms with Crippen LogP contribution in [-0.2, 0) is 0 Å². The molecule has 16 heavy (non-hydrogen) atoms. The van der Waals surface area contributed by atoms with Crippen LogP contribution in [0.4, 0.5) is 5.95 Å². The van der Waals surface area contributed by atoms with Crippen LogP contribution in [0.2, 0.25) is 0 Å². The summed E-state index contributed by atoms with van der Waals surface area (Å²) in [5.74, 6) is 1.44. The third-order valence-electron chi connectivity index (χ3n) is 2.81. The molecule has 3 N–H and O–H groups in total. The smallest absolute Gasteiger partial charge is 0.223 e. The van der Waals surface area contributed by atoms with E-state index in [0.717, 1.165) is 11.6 Å². The van der Waals surface area contributed by atoms with Gasteiger partial charge in [0.15, 0.2) is 0 Å². The molecule has 0 aromatic carbocycles. The molecule has 0 atom stereocenters. The van der Waals surface area contributed by atoms with Gasteiger partial charge in [-0.05, 0) is 31.7 Å². The van der Waals surface area contributed by atoms with E-state index in [2.05, 4.69) is 22.2 Å². The van der Waals surface area contributed by atoms with E-state index in [9.17, 15) is 0 Å². The first-order valence-electron chi connectivity index (χ1n) is 5.46. The molecule has 0 spiro atoms. The largest absolute Gasteiger partial charge is 0.388 e. The van der Waals surface area contributed by atoms with Crippen molar-refractivity contribution in [1.29, 1.82) is 0 Å². The number of hydrogen-bond donors (Lipinski definition) is 2. The van der Waals surface area contributed by atoms with E-state index < -0.39 is 0 Å². The van der Waals surface area contributed by atoms with Gasteiger partial charge in [0.1, 0.15) is 10.7 Å². The fourth-order valence-corrected chi connectivity index (χ4v) is 2.07. The fraction of sp³-hybridized carbons (Fsp3) is 0.545. The Morgan fingerprint density at radius 1 is 1.50 bits per heavy atom. The Hall–Kier alpha value is -1.23. The lowest BCUT2D eigenvalue weighted by Crippen LogP contribution is -2.34. The highest BCUT2D eigenvalue weighted by atomic mass is 32.1. The minimum Gasteiger partial charge on any atom is -0.388 e. The van der Waals surface area contributed by atoms with Crippen molar-refractivity contribution in [2.75, 3.05) is 5.32 Å². The quantitative estimate of drug-likeness (QED) is 0.781. The Kier molecular flexibility index (Phi) is 3.05. The van der Waals surface area contributed by atoms with E-state index in [-0.39, 0.29) is 0 Å². The van der Waals surface area contributed by atoms with Crippen molar-refractivity contribution in [3.63, 3.8) is 0 Å². The molecule has 0 radical (unpaired) electrons. The maximum atomic E-state index is 5.56. The van der Waals surface area contributed by atoms with Crippen LogP contribution in [0.3, 0.4) is 0 Å². The van der Waals surface area contributed by atoms with E-state index in [0.29, 0.717) is 22.7 Å². The maximum absolute atomic E-state index is 5.56. The van der Waals surface area contributed by atoms with E-state index in [4.69, 9.17) is 18.0 Å². The van der Waals surface area contributed by atoms with Gasteiger partial charge in [0.2, 0.25) is 5.95 Å². The Bertz CT molecular complexity index is 412. The molecule has 1 aliphatic carbocycles. The predicted molar refractivity (Wildman–Crippen MR) is 68.5 cm³/mol. The molecule has 1 heterocycles. The Morgan fingerprint density at radius 2 is 2.19 bits per heavy atom. The van der Waals surface area contributed by atoms with Crippen LogP contribution in [0.1, 0.15) is 31.2 Å². The van der Waals surface area contributed by atoms with Crippen molar-refractivity contribution < 1.29 is 0 Å². The van der Waals surface area contributed by atoms with E-state index in [1.807, 2.05) is 6.92 Å². The molecule has 0 saturated heterocycles. The number of nitrogens with zero attached hydrogens (tertiary/aromatic N) is 2. The lowest BCUT2D eigenvalue weighted by Gasteiger charge is -2.33. The van der Waals surface area contributed by atoms with Crippen LogP contribution in [0.25, 0.3) is 0 Å². The summed E-state index contributed by atoms with van der Waals surface area (Å²) in [4.78, 5) is 8.93. The third-order valence-corrected chi connectivity index (χ3v) is 3.02. The van der Waals surface area contributed by atoms with E-state index in [1.165, 1.54) is 12.8 Å². The summed E-state index contributed by atoms with van der Waals surface area (Å²) in [5.41, 5.74) is 7.08. The van der Waals surface area contributed by atoms with Gasteiger partial charge in [-0.1, -0.05) is 19.1 Å². The number of aryl methyl sites for hydroxylation is 1. The average Bonchev–Trinajstić information content (AvgIpc) is 2.14. The molecule has 1 aromatic rings. The highest BCUT2D eigenvalue weighted by Gasteiger charge is 2.25. The predicted octanol–water partition coefficient (Wildman–Crippen LogP) is 1.63. The number of thiocarbonyl (C=S) groups is 1. The van der Waals surface area contributed by atoms with Crippen molar-refractivity contribution in [2.45, 2.75) is 32.7 Å². The second-order valence-electron chi connectivity index (χ2n) is 4.50. The molecule has 2 rings (SSSR count). The van der Waals surface area contributed by atoms with Crippen LogP contribution in [0, 0.1) is 12.8 Å². The molecular formula is C11H16N4S. The van der Waals surface area contributed by atoms with Gasteiger partial charge in [-0.3, -0.25) is 0 Å². The second kappa shape index (κ2) is 4.33. The van der Waals surface area contributed by atoms with E-state index >= 15 is 0 Å². The van der Waals surface area contributed by atoms with Crippen LogP contribution >= 0.6 is 12.2 Å². The molecule has 1 aliphatic rings. The maximum Gasteiger partial charge on any atom is 0.223 e. The summed E-state index contributed by atoms with van der Waals surface area (Å²) in [6.45, 7) is 4.16. The highest BCUT2D eigenvalue weighted by Crippen LogP contribution is 2.28. The monoisotopic (exact) mass is 236 g/mol. The second-order valence-corrected chi connectivity index (χ2v) is 4.94. The standard InChI is InChI=1S/C11H16N4S/c1-6-3-8(4-6)14-11-13-7(2)5-9(15-11)10(12)16/h5-6,8H,3-4H2,1-2H3,(H2,12,16)(H,13,14,15). The van der Waals surface area contributed by atoms with Gasteiger partial charge in [-0.15, -0.1) is 0 Å². The fourth-order valence-electron chi connectivity index (χ4n) is 1.96. The molecule has 5 heteroatoms. The lowest BCUT2D eigenvalue weighted by molar-refractivity contribution is 0.308. The van der Waals surface area contributed by atoms with Crippen molar-refractivity contribution in [3.8, 4) is 0 Å². The summed E-state index contributed by atoms with van der Waals surface area (Å²) in [6.07, 6.45) is 2.36. The summed E-state index contributed by atoms with van der Waals surface area (Å²) >= 11 is 4.92. The van der Waals surface area contributed by atoms with Crippen molar-refractivity contribution in [3.05, 3.63) is 17.5 Å². The summed E-state index contributed by atoms with van der Waals surface area (Å²) in [6, 6.07) is 2.30. The zero-order chi connectivity index (χ0) is 11.7. The lowest BCUT2D eigenvalue weighted by atomic mass is 9.82. The zero-order valence-electron chi connectivity index (χ0n) is 9.53. The zero-order valence-corrected chi connectivity index (χ0v) is 10.3. The molecule has 86 valence electrons. The van der Waals surface area contributed by atoms with E-state index in [1.54, 1.807) is 6.07 Å². The van der Waals surface area contributed by atoms with Crippen molar-refractivity contribution in [1.82, 2.24) is 9.97 Å². The van der Waals surface area contributed by atoms with Crippen LogP contribution in [0.5, 0.6) is 0 Å². The van der Waals surface area contributed by atoms with Gasteiger partial charge in [0.05, 0.1) is 0 Å². The SMILES string of the molecule is Cc1cc(C(N)=S)nc(NC2CC(C)C2)n1. The first-order valence-corrected chi connectivity index (χ1v) is 5.87. The van der Waals surface area contributed by atoms with Crippen molar-refractivity contribution >= 4 is 23.2 Å². The van der Waals surface area contributed by atoms with Crippen LogP contribution in [0.15, 0.2) is 6.07 Å². The number of rotatable bonds is 3. The topological polar surface area (TPSA) is 63.8 Å². The summed E-state index contributed by atoms with van der Waals surface area (Å²) in [7, 11) is 0. The molecular weight excluding hydrogens is 220 g/mol. The number of aromatic nitrogens is 2. The number of nitrogens with two attached hydrogens (primary N) is 1. The molecule has 1 saturated carbocycles. The Balaban J connectivity index is 2.11. The van der Waals surface area contributed by atoms with Crippen LogP contribution < -0.4 is 11.1 Å². The molecule has 4 nitrogen and oxygen atoms in total. The number of nitrogens with one attached hydrogen (secondary N) is 1. The van der Waals surface area contributed by atoms with Gasteiger partial charge in [0.25, 0.3) is 0 Å². The molecule has 1 aromatic heterocycles. The molecule has 0 bridgehead atoms. The molecule has 1 fully saturated rings. The number of hydrogen-bond acceptors (Lipinski definition) is 4. The Morgan fingerprint density at radius 3 is 2.75 bits per heavy atom. The third kappa shape index (κ3) is 2.47. The number of anilines is 1. The highest BCUT2D eigenvalue weighted by molar-refractivity contribution is 7.80. The normalized spacial score (nSPS) is 23.6. The molecule has 0 unspecified atom stereocenters. The van der Waals surface area contributed by atoms with Gasteiger partial charge in [-0.25, -0.2) is 9.97 Å². The van der Waals surface area contributed by atoms with Gasteiger partial charge < -0.3 is 11.1 Å². The molecule has 0 aliphatic heterocycles. The Labute approximate surface area is 101 Å². The molecule has 0 amide bonds. The van der Waals surface area contributed by atoms with Crippen molar-refractivity contribution in [2.24, 2.45) is 11.7 Å². The van der Waals surface area contributed by atoms with Gasteiger partial charge in [0, 0.05) is 11.7 Å². The average molecular weight is 236 g/mol. The van der Waals surface area contributed by atoms with Crippen LogP contribution in [-0.4, -0.2) is 21.0 Å². The first kappa shape index (κ1) is 11.3. The first-order chi connectivity index (χ1) is 7.54. The summed E-state index contributed by atoms with van der Waals surface area (Å²) in [5, 5.41) is 3.31.